The van der Waals surface area contributed by atoms with Gasteiger partial charge in [0, 0.05) is 6.04 Å². The van der Waals surface area contributed by atoms with E-state index in [1.54, 1.807) is 0 Å². The molecular weight excluding hydrogens is 194 g/mol. The molecule has 0 bridgehead atoms. The molecule has 0 heterocycles. The van der Waals surface area contributed by atoms with Gasteiger partial charge in [-0.3, -0.25) is 0 Å². The Morgan fingerprint density at radius 1 is 1.25 bits per heavy atom. The van der Waals surface area contributed by atoms with Gasteiger partial charge in [-0.25, -0.2) is 0 Å². The Labute approximate surface area is 102 Å². The summed E-state index contributed by atoms with van der Waals surface area (Å²) in [6.45, 7) is 9.43. The molecule has 1 rings (SSSR count). The number of hydrogen-bond acceptors (Lipinski definition) is 1. The zero-order valence-corrected chi connectivity index (χ0v) is 12.0. The average Bonchev–Trinajstić information content (AvgIpc) is 2.25. The summed E-state index contributed by atoms with van der Waals surface area (Å²) in [5, 5.41) is 3.57. The van der Waals surface area contributed by atoms with Crippen LogP contribution in [0.15, 0.2) is 0 Å². The topological polar surface area (TPSA) is 12.0 Å². The fraction of sp³-hybridized carbons (Fsp3) is 1.00. The predicted molar refractivity (Wildman–Crippen MR) is 72.7 cm³/mol. The Hall–Kier alpha value is -0.0400. The summed E-state index contributed by atoms with van der Waals surface area (Å²) in [6, 6.07) is 0.731. The Morgan fingerprint density at radius 3 is 2.44 bits per heavy atom. The van der Waals surface area contributed by atoms with Crippen molar-refractivity contribution in [2.45, 2.75) is 72.3 Å². The van der Waals surface area contributed by atoms with Crippen LogP contribution in [0.25, 0.3) is 0 Å². The first kappa shape index (κ1) is 14.0. The van der Waals surface area contributed by atoms with Crippen LogP contribution in [-0.2, 0) is 0 Å². The molecule has 1 N–H and O–H groups in total. The molecule has 0 aromatic rings. The molecule has 0 aliphatic heterocycles. The van der Waals surface area contributed by atoms with Crippen molar-refractivity contribution in [3.05, 3.63) is 0 Å². The Kier molecular flexibility index (Phi) is 5.30. The van der Waals surface area contributed by atoms with Gasteiger partial charge in [0.15, 0.2) is 0 Å². The number of nitrogens with one attached hydrogen (secondary N) is 1. The van der Waals surface area contributed by atoms with Crippen molar-refractivity contribution in [2.75, 3.05) is 7.05 Å². The lowest BCUT2D eigenvalue weighted by Crippen LogP contribution is -2.39. The first-order valence-corrected chi connectivity index (χ1v) is 7.13. The second kappa shape index (κ2) is 6.05. The monoisotopic (exact) mass is 225 g/mol. The first-order chi connectivity index (χ1) is 7.46. The maximum absolute atomic E-state index is 3.57. The summed E-state index contributed by atoms with van der Waals surface area (Å²) in [4.78, 5) is 0. The van der Waals surface area contributed by atoms with Gasteiger partial charge in [0.05, 0.1) is 0 Å². The van der Waals surface area contributed by atoms with E-state index >= 15 is 0 Å². The summed E-state index contributed by atoms with van der Waals surface area (Å²) in [7, 11) is 2.14. The third-order valence-corrected chi connectivity index (χ3v) is 4.17. The normalized spacial score (nSPS) is 29.1. The molecule has 0 radical (unpaired) electrons. The minimum atomic E-state index is 0.451. The van der Waals surface area contributed by atoms with E-state index in [0.717, 1.165) is 17.9 Å². The second-order valence-electron chi connectivity index (χ2n) is 6.86. The van der Waals surface area contributed by atoms with Crippen LogP contribution in [0.1, 0.15) is 66.2 Å². The van der Waals surface area contributed by atoms with Crippen molar-refractivity contribution in [3.8, 4) is 0 Å². The van der Waals surface area contributed by atoms with Gasteiger partial charge in [-0.15, -0.1) is 0 Å². The Bertz CT molecular complexity index is 192. The lowest BCUT2D eigenvalue weighted by Gasteiger charge is -2.37. The molecule has 1 heteroatoms. The van der Waals surface area contributed by atoms with Crippen LogP contribution in [0, 0.1) is 17.3 Å². The van der Waals surface area contributed by atoms with Crippen molar-refractivity contribution in [1.82, 2.24) is 5.32 Å². The molecule has 1 saturated carbocycles. The van der Waals surface area contributed by atoms with Crippen LogP contribution in [0.2, 0.25) is 0 Å². The Morgan fingerprint density at radius 2 is 1.94 bits per heavy atom. The van der Waals surface area contributed by atoms with Crippen LogP contribution in [0.4, 0.5) is 0 Å². The molecule has 3 atom stereocenters. The molecule has 1 aliphatic carbocycles. The average molecular weight is 225 g/mol. The van der Waals surface area contributed by atoms with E-state index < -0.39 is 0 Å². The highest BCUT2D eigenvalue weighted by Crippen LogP contribution is 2.36. The van der Waals surface area contributed by atoms with Gasteiger partial charge >= 0.3 is 0 Å². The van der Waals surface area contributed by atoms with E-state index in [1.165, 1.54) is 38.5 Å². The quantitative estimate of drug-likeness (QED) is 0.755. The highest BCUT2D eigenvalue weighted by Gasteiger charge is 2.29. The number of rotatable bonds is 4. The Balaban J connectivity index is 2.51. The molecule has 0 aromatic carbocycles. The van der Waals surface area contributed by atoms with E-state index in [-0.39, 0.29) is 0 Å². The lowest BCUT2D eigenvalue weighted by atomic mass is 9.73. The maximum atomic E-state index is 3.57. The van der Waals surface area contributed by atoms with Gasteiger partial charge in [-0.2, -0.15) is 0 Å². The molecule has 3 unspecified atom stereocenters. The molecular formula is C15H31N. The van der Waals surface area contributed by atoms with Crippen LogP contribution in [0.3, 0.4) is 0 Å². The molecule has 0 spiro atoms. The fourth-order valence-electron chi connectivity index (χ4n) is 3.23. The van der Waals surface area contributed by atoms with Crippen LogP contribution in [0.5, 0.6) is 0 Å². The fourth-order valence-corrected chi connectivity index (χ4v) is 3.23. The van der Waals surface area contributed by atoms with E-state index in [2.05, 4.69) is 40.1 Å². The van der Waals surface area contributed by atoms with Crippen LogP contribution in [-0.4, -0.2) is 13.1 Å². The van der Waals surface area contributed by atoms with E-state index in [1.807, 2.05) is 0 Å². The third-order valence-electron chi connectivity index (χ3n) is 4.17. The van der Waals surface area contributed by atoms with Gasteiger partial charge in [0.2, 0.25) is 0 Å². The zero-order chi connectivity index (χ0) is 12.2. The smallest absolute Gasteiger partial charge is 0.00974 e. The summed E-state index contributed by atoms with van der Waals surface area (Å²) >= 11 is 0. The van der Waals surface area contributed by atoms with Gasteiger partial charge in [0.1, 0.15) is 0 Å². The van der Waals surface area contributed by atoms with Crippen molar-refractivity contribution in [2.24, 2.45) is 17.3 Å². The number of hydrogen-bond donors (Lipinski definition) is 1. The molecule has 16 heavy (non-hydrogen) atoms. The van der Waals surface area contributed by atoms with Gasteiger partial charge in [-0.1, -0.05) is 47.0 Å². The SMILES string of the molecule is CCC1CCCC(C(CC(C)(C)C)NC)C1. The van der Waals surface area contributed by atoms with E-state index in [4.69, 9.17) is 0 Å². The minimum absolute atomic E-state index is 0.451. The minimum Gasteiger partial charge on any atom is -0.317 e. The standard InChI is InChI=1S/C15H31N/c1-6-12-8-7-9-13(10-12)14(16-5)11-15(2,3)4/h12-14,16H,6-11H2,1-5H3. The van der Waals surface area contributed by atoms with Crippen molar-refractivity contribution in [3.63, 3.8) is 0 Å². The molecule has 0 aromatic heterocycles. The van der Waals surface area contributed by atoms with Crippen LogP contribution >= 0.6 is 0 Å². The zero-order valence-electron chi connectivity index (χ0n) is 12.0. The first-order valence-electron chi connectivity index (χ1n) is 7.13. The van der Waals surface area contributed by atoms with Crippen molar-refractivity contribution in [1.29, 1.82) is 0 Å². The van der Waals surface area contributed by atoms with E-state index in [0.29, 0.717) is 5.41 Å². The molecule has 96 valence electrons. The highest BCUT2D eigenvalue weighted by molar-refractivity contribution is 4.84. The molecule has 1 aliphatic rings. The summed E-state index contributed by atoms with van der Waals surface area (Å²) in [5.74, 6) is 1.91. The second-order valence-corrected chi connectivity index (χ2v) is 6.86. The summed E-state index contributed by atoms with van der Waals surface area (Å²) in [5.41, 5.74) is 0.451. The lowest BCUT2D eigenvalue weighted by molar-refractivity contribution is 0.177. The third kappa shape index (κ3) is 4.45. The summed E-state index contributed by atoms with van der Waals surface area (Å²) in [6.07, 6.45) is 8.51. The molecule has 0 amide bonds. The maximum Gasteiger partial charge on any atom is 0.00974 e. The van der Waals surface area contributed by atoms with E-state index in [9.17, 15) is 0 Å². The van der Waals surface area contributed by atoms with Crippen molar-refractivity contribution >= 4 is 0 Å². The van der Waals surface area contributed by atoms with Gasteiger partial charge in [0.25, 0.3) is 0 Å². The van der Waals surface area contributed by atoms with Gasteiger partial charge in [-0.05, 0) is 43.6 Å². The predicted octanol–water partition coefficient (Wildman–Crippen LogP) is 4.23. The highest BCUT2D eigenvalue weighted by atomic mass is 14.9. The molecule has 1 nitrogen and oxygen atoms in total. The molecule has 0 saturated heterocycles. The summed E-state index contributed by atoms with van der Waals surface area (Å²) < 4.78 is 0. The van der Waals surface area contributed by atoms with Crippen LogP contribution < -0.4 is 5.32 Å². The molecule has 1 fully saturated rings. The largest absolute Gasteiger partial charge is 0.317 e. The van der Waals surface area contributed by atoms with Gasteiger partial charge < -0.3 is 5.32 Å². The van der Waals surface area contributed by atoms with Crippen molar-refractivity contribution < 1.29 is 0 Å².